The normalized spacial score (nSPS) is 29.0. The summed E-state index contributed by atoms with van der Waals surface area (Å²) in [7, 11) is 2.17. The fourth-order valence-corrected chi connectivity index (χ4v) is 3.69. The van der Waals surface area contributed by atoms with E-state index in [2.05, 4.69) is 36.8 Å². The summed E-state index contributed by atoms with van der Waals surface area (Å²) in [4.78, 5) is 4.78. The molecule has 0 aromatic carbocycles. The first-order valence-electron chi connectivity index (χ1n) is 9.19. The van der Waals surface area contributed by atoms with Crippen molar-refractivity contribution in [2.24, 2.45) is 0 Å². The molecule has 5 heteroatoms. The molecule has 3 rings (SSSR count). The highest BCUT2D eigenvalue weighted by atomic mass is 16.6. The van der Waals surface area contributed by atoms with Crippen LogP contribution in [0.15, 0.2) is 16.5 Å². The van der Waals surface area contributed by atoms with E-state index >= 15 is 0 Å². The van der Waals surface area contributed by atoms with Crippen molar-refractivity contribution in [3.63, 3.8) is 0 Å². The van der Waals surface area contributed by atoms with Gasteiger partial charge in [-0.15, -0.1) is 0 Å². The molecule has 5 nitrogen and oxygen atoms in total. The van der Waals surface area contributed by atoms with Crippen molar-refractivity contribution in [2.45, 2.75) is 57.9 Å². The van der Waals surface area contributed by atoms with Crippen molar-refractivity contribution >= 4 is 0 Å². The Morgan fingerprint density at radius 1 is 1.38 bits per heavy atom. The zero-order chi connectivity index (χ0) is 17.2. The van der Waals surface area contributed by atoms with Gasteiger partial charge in [0.15, 0.2) is 0 Å². The molecule has 0 aliphatic carbocycles. The summed E-state index contributed by atoms with van der Waals surface area (Å²) in [6.07, 6.45) is 2.51. The third-order valence-corrected chi connectivity index (χ3v) is 5.32. The Morgan fingerprint density at radius 2 is 2.21 bits per heavy atom. The van der Waals surface area contributed by atoms with Crippen LogP contribution >= 0.6 is 0 Å². The van der Waals surface area contributed by atoms with Gasteiger partial charge < -0.3 is 18.8 Å². The Hall–Kier alpha value is -0.880. The zero-order valence-electron chi connectivity index (χ0n) is 15.6. The summed E-state index contributed by atoms with van der Waals surface area (Å²) < 4.78 is 18.2. The van der Waals surface area contributed by atoms with Gasteiger partial charge in [-0.25, -0.2) is 0 Å². The van der Waals surface area contributed by atoms with E-state index in [0.717, 1.165) is 57.1 Å². The number of hydrogen-bond donors (Lipinski definition) is 0. The van der Waals surface area contributed by atoms with E-state index in [1.54, 1.807) is 0 Å². The Labute approximate surface area is 145 Å². The Morgan fingerprint density at radius 3 is 2.92 bits per heavy atom. The van der Waals surface area contributed by atoms with Crippen molar-refractivity contribution in [1.29, 1.82) is 0 Å². The van der Waals surface area contributed by atoms with Crippen LogP contribution < -0.4 is 0 Å². The largest absolute Gasteiger partial charge is 0.465 e. The molecule has 2 atom stereocenters. The van der Waals surface area contributed by atoms with Gasteiger partial charge in [0.25, 0.3) is 0 Å². The van der Waals surface area contributed by atoms with E-state index in [0.29, 0.717) is 18.8 Å². The summed E-state index contributed by atoms with van der Waals surface area (Å²) in [5.41, 5.74) is -0.152. The number of likely N-dealkylation sites (N-methyl/N-ethyl adjacent to an activating group) is 1. The molecule has 2 saturated heterocycles. The fraction of sp³-hybridized carbons (Fsp3) is 0.789. The topological polar surface area (TPSA) is 38.1 Å². The van der Waals surface area contributed by atoms with Crippen molar-refractivity contribution < 1.29 is 13.9 Å². The average molecular weight is 336 g/mol. The van der Waals surface area contributed by atoms with E-state index in [4.69, 9.17) is 13.9 Å². The number of rotatable bonds is 5. The second kappa shape index (κ2) is 7.56. The van der Waals surface area contributed by atoms with Crippen molar-refractivity contribution in [2.75, 3.05) is 39.9 Å². The molecule has 1 aromatic heterocycles. The first-order valence-corrected chi connectivity index (χ1v) is 9.19. The van der Waals surface area contributed by atoms with Crippen molar-refractivity contribution in [3.8, 4) is 0 Å². The molecule has 1 aromatic rings. The molecule has 1 spiro atoms. The van der Waals surface area contributed by atoms with E-state index in [1.807, 2.05) is 13.0 Å². The third-order valence-electron chi connectivity index (χ3n) is 5.32. The van der Waals surface area contributed by atoms with Crippen LogP contribution in [0.5, 0.6) is 0 Å². The van der Waals surface area contributed by atoms with E-state index < -0.39 is 0 Å². The minimum atomic E-state index is -0.152. The van der Waals surface area contributed by atoms with Gasteiger partial charge in [-0.3, -0.25) is 4.90 Å². The van der Waals surface area contributed by atoms with Crippen LogP contribution in [0.2, 0.25) is 0 Å². The third kappa shape index (κ3) is 4.39. The molecule has 136 valence electrons. The summed E-state index contributed by atoms with van der Waals surface area (Å²) in [5, 5.41) is 0. The number of nitrogens with zero attached hydrogens (tertiary/aromatic N) is 2. The Bertz CT molecular complexity index is 530. The van der Waals surface area contributed by atoms with Crippen LogP contribution in [0, 0.1) is 6.92 Å². The van der Waals surface area contributed by atoms with Crippen LogP contribution in [-0.4, -0.2) is 67.4 Å². The highest BCUT2D eigenvalue weighted by molar-refractivity contribution is 5.06. The van der Waals surface area contributed by atoms with Gasteiger partial charge in [0.05, 0.1) is 25.9 Å². The van der Waals surface area contributed by atoms with Gasteiger partial charge in [0, 0.05) is 25.7 Å². The minimum Gasteiger partial charge on any atom is -0.465 e. The molecular formula is C19H32N2O3. The molecule has 24 heavy (non-hydrogen) atoms. The quantitative estimate of drug-likeness (QED) is 0.826. The second-order valence-electron chi connectivity index (χ2n) is 7.77. The van der Waals surface area contributed by atoms with E-state index in [9.17, 15) is 0 Å². The molecule has 0 saturated carbocycles. The van der Waals surface area contributed by atoms with Crippen LogP contribution in [0.25, 0.3) is 0 Å². The molecule has 0 amide bonds. The van der Waals surface area contributed by atoms with Gasteiger partial charge in [-0.05, 0) is 52.8 Å². The van der Waals surface area contributed by atoms with Crippen LogP contribution in [-0.2, 0) is 16.0 Å². The SMILES string of the molecule is Cc1ccc(CN2CCOC[C@]3(CC[C@H](CN(C)C(C)C)O3)C2)o1. The lowest BCUT2D eigenvalue weighted by Gasteiger charge is -2.32. The average Bonchev–Trinajstić information content (AvgIpc) is 3.04. The molecule has 0 unspecified atom stereocenters. The maximum atomic E-state index is 6.52. The van der Waals surface area contributed by atoms with Crippen LogP contribution in [0.1, 0.15) is 38.2 Å². The number of ether oxygens (including phenoxy) is 2. The summed E-state index contributed by atoms with van der Waals surface area (Å²) in [6, 6.07) is 4.65. The first kappa shape index (κ1) is 17.9. The van der Waals surface area contributed by atoms with Gasteiger partial charge >= 0.3 is 0 Å². The Balaban J connectivity index is 1.60. The smallest absolute Gasteiger partial charge is 0.118 e. The number of furan rings is 1. The predicted molar refractivity (Wildman–Crippen MR) is 94.1 cm³/mol. The molecule has 2 fully saturated rings. The number of aryl methyl sites for hydroxylation is 1. The second-order valence-corrected chi connectivity index (χ2v) is 7.77. The molecular weight excluding hydrogens is 304 g/mol. The summed E-state index contributed by atoms with van der Waals surface area (Å²) in [5.74, 6) is 2.00. The summed E-state index contributed by atoms with van der Waals surface area (Å²) in [6.45, 7) is 11.6. The maximum absolute atomic E-state index is 6.52. The Kier molecular flexibility index (Phi) is 5.65. The standard InChI is InChI=1S/C19H32N2O3/c1-15(2)20(4)11-18-7-8-19(24-18)13-21(9-10-22-14-19)12-17-6-5-16(3)23-17/h5-6,15,18H,7-14H2,1-4H3/t18-,19+/m1/s1. The number of hydrogen-bond acceptors (Lipinski definition) is 5. The van der Waals surface area contributed by atoms with Crippen LogP contribution in [0.4, 0.5) is 0 Å². The fourth-order valence-electron chi connectivity index (χ4n) is 3.69. The molecule has 0 N–H and O–H groups in total. The van der Waals surface area contributed by atoms with Gasteiger partial charge in [-0.1, -0.05) is 0 Å². The minimum absolute atomic E-state index is 0.152. The van der Waals surface area contributed by atoms with Gasteiger partial charge in [0.1, 0.15) is 17.1 Å². The van der Waals surface area contributed by atoms with Crippen molar-refractivity contribution in [3.05, 3.63) is 23.7 Å². The van der Waals surface area contributed by atoms with E-state index in [-0.39, 0.29) is 5.60 Å². The summed E-state index contributed by atoms with van der Waals surface area (Å²) >= 11 is 0. The molecule has 0 bridgehead atoms. The molecule has 2 aliphatic heterocycles. The lowest BCUT2D eigenvalue weighted by molar-refractivity contribution is -0.0927. The predicted octanol–water partition coefficient (Wildman–Crippen LogP) is 2.68. The lowest BCUT2D eigenvalue weighted by Crippen LogP contribution is -2.45. The highest BCUT2D eigenvalue weighted by Crippen LogP contribution is 2.34. The van der Waals surface area contributed by atoms with Gasteiger partial charge in [-0.2, -0.15) is 0 Å². The highest BCUT2D eigenvalue weighted by Gasteiger charge is 2.43. The first-order chi connectivity index (χ1) is 11.5. The van der Waals surface area contributed by atoms with Crippen LogP contribution in [0.3, 0.4) is 0 Å². The van der Waals surface area contributed by atoms with Crippen molar-refractivity contribution in [1.82, 2.24) is 9.80 Å². The van der Waals surface area contributed by atoms with Gasteiger partial charge in [0.2, 0.25) is 0 Å². The maximum Gasteiger partial charge on any atom is 0.118 e. The van der Waals surface area contributed by atoms with E-state index in [1.165, 1.54) is 0 Å². The molecule has 3 heterocycles. The molecule has 0 radical (unpaired) electrons. The zero-order valence-corrected chi connectivity index (χ0v) is 15.6. The monoisotopic (exact) mass is 336 g/mol. The molecule has 2 aliphatic rings. The lowest BCUT2D eigenvalue weighted by atomic mass is 10.00.